The lowest BCUT2D eigenvalue weighted by Gasteiger charge is -2.18. The summed E-state index contributed by atoms with van der Waals surface area (Å²) in [5, 5.41) is 12.2. The van der Waals surface area contributed by atoms with Crippen molar-refractivity contribution in [2.45, 2.75) is 25.8 Å². The van der Waals surface area contributed by atoms with E-state index in [2.05, 4.69) is 10.3 Å². The third kappa shape index (κ3) is 5.91. The van der Waals surface area contributed by atoms with E-state index in [4.69, 9.17) is 4.74 Å². The van der Waals surface area contributed by atoms with Crippen LogP contribution in [0, 0.1) is 0 Å². The first-order valence-corrected chi connectivity index (χ1v) is 9.81. The Labute approximate surface area is 175 Å². The van der Waals surface area contributed by atoms with Crippen molar-refractivity contribution < 1.29 is 19.4 Å². The van der Waals surface area contributed by atoms with Gasteiger partial charge in [0.25, 0.3) is 5.91 Å². The van der Waals surface area contributed by atoms with Gasteiger partial charge in [-0.25, -0.2) is 4.98 Å². The second kappa shape index (κ2) is 10.2. The molecule has 0 aliphatic rings. The van der Waals surface area contributed by atoms with Gasteiger partial charge in [0, 0.05) is 18.3 Å². The summed E-state index contributed by atoms with van der Waals surface area (Å²) in [6.45, 7) is 2.03. The number of ether oxygens (including phenoxy) is 1. The summed E-state index contributed by atoms with van der Waals surface area (Å²) in [5.41, 5.74) is 3.52. The SMILES string of the molecule is CCOC(=O)C[C@@H](Cc1ccc(-c2ccccc2)cc1)NC(=O)c1ccc(O)nc1. The van der Waals surface area contributed by atoms with E-state index in [-0.39, 0.29) is 30.8 Å². The highest BCUT2D eigenvalue weighted by Gasteiger charge is 2.19. The molecule has 0 fully saturated rings. The first-order valence-electron chi connectivity index (χ1n) is 9.81. The van der Waals surface area contributed by atoms with Crippen LogP contribution in [0.15, 0.2) is 72.9 Å². The van der Waals surface area contributed by atoms with E-state index >= 15 is 0 Å². The summed E-state index contributed by atoms with van der Waals surface area (Å²) >= 11 is 0. The molecule has 0 spiro atoms. The van der Waals surface area contributed by atoms with Gasteiger partial charge in [0.05, 0.1) is 18.6 Å². The van der Waals surface area contributed by atoms with E-state index in [0.29, 0.717) is 12.0 Å². The Hall–Kier alpha value is -3.67. The molecule has 1 aromatic heterocycles. The van der Waals surface area contributed by atoms with E-state index in [1.807, 2.05) is 54.6 Å². The maximum absolute atomic E-state index is 12.6. The Bertz CT molecular complexity index is 970. The maximum Gasteiger partial charge on any atom is 0.307 e. The number of hydrogen-bond acceptors (Lipinski definition) is 5. The Morgan fingerprint density at radius 3 is 2.33 bits per heavy atom. The average molecular weight is 404 g/mol. The zero-order chi connectivity index (χ0) is 21.3. The fraction of sp³-hybridized carbons (Fsp3) is 0.208. The third-order valence-electron chi connectivity index (χ3n) is 4.61. The molecular weight excluding hydrogens is 380 g/mol. The van der Waals surface area contributed by atoms with Crippen molar-refractivity contribution in [3.63, 3.8) is 0 Å². The standard InChI is InChI=1S/C24H24N2O4/c1-2-30-23(28)15-21(26-24(29)20-12-13-22(27)25-16-20)14-17-8-10-19(11-9-17)18-6-4-3-5-7-18/h3-13,16,21H,2,14-15H2,1H3,(H,25,27)(H,26,29)/t21-/m1/s1. The van der Waals surface area contributed by atoms with E-state index in [1.165, 1.54) is 18.3 Å². The first kappa shape index (κ1) is 21.0. The quantitative estimate of drug-likeness (QED) is 0.558. The smallest absolute Gasteiger partial charge is 0.307 e. The number of aromatic nitrogens is 1. The second-order valence-corrected chi connectivity index (χ2v) is 6.85. The molecule has 0 radical (unpaired) electrons. The lowest BCUT2D eigenvalue weighted by atomic mass is 9.99. The highest BCUT2D eigenvalue weighted by atomic mass is 16.5. The molecule has 0 saturated heterocycles. The summed E-state index contributed by atoms with van der Waals surface area (Å²) in [6, 6.07) is 20.5. The molecule has 2 aromatic carbocycles. The Balaban J connectivity index is 1.72. The number of rotatable bonds is 8. The minimum atomic E-state index is -0.437. The van der Waals surface area contributed by atoms with Crippen LogP contribution in [0.2, 0.25) is 0 Å². The number of benzene rings is 2. The van der Waals surface area contributed by atoms with Crippen LogP contribution < -0.4 is 5.32 Å². The number of carbonyl (C=O) groups excluding carboxylic acids is 2. The molecule has 1 heterocycles. The predicted molar refractivity (Wildman–Crippen MR) is 114 cm³/mol. The van der Waals surface area contributed by atoms with Crippen molar-refractivity contribution in [2.75, 3.05) is 6.61 Å². The molecule has 3 rings (SSSR count). The van der Waals surface area contributed by atoms with Gasteiger partial charge in [-0.2, -0.15) is 0 Å². The highest BCUT2D eigenvalue weighted by Crippen LogP contribution is 2.20. The van der Waals surface area contributed by atoms with E-state index < -0.39 is 6.04 Å². The number of nitrogens with one attached hydrogen (secondary N) is 1. The van der Waals surface area contributed by atoms with Gasteiger partial charge in [-0.3, -0.25) is 9.59 Å². The van der Waals surface area contributed by atoms with Gasteiger partial charge in [-0.05, 0) is 36.1 Å². The predicted octanol–water partition coefficient (Wildman–Crippen LogP) is 3.75. The number of amides is 1. The normalized spacial score (nSPS) is 11.5. The molecule has 0 unspecified atom stereocenters. The summed E-state index contributed by atoms with van der Waals surface area (Å²) in [4.78, 5) is 28.3. The fourth-order valence-corrected chi connectivity index (χ4v) is 3.13. The molecule has 2 N–H and O–H groups in total. The number of pyridine rings is 1. The zero-order valence-electron chi connectivity index (χ0n) is 16.7. The summed E-state index contributed by atoms with van der Waals surface area (Å²) < 4.78 is 5.05. The van der Waals surface area contributed by atoms with Crippen LogP contribution in [0.5, 0.6) is 5.88 Å². The molecule has 0 bridgehead atoms. The lowest BCUT2D eigenvalue weighted by molar-refractivity contribution is -0.143. The number of nitrogens with zero attached hydrogens (tertiary/aromatic N) is 1. The number of carbonyl (C=O) groups is 2. The molecule has 3 aromatic rings. The lowest BCUT2D eigenvalue weighted by Crippen LogP contribution is -2.38. The van der Waals surface area contributed by atoms with Crippen molar-refractivity contribution in [3.8, 4) is 17.0 Å². The second-order valence-electron chi connectivity index (χ2n) is 6.85. The van der Waals surface area contributed by atoms with Gasteiger partial charge in [0.1, 0.15) is 0 Å². The molecule has 0 aliphatic heterocycles. The minimum Gasteiger partial charge on any atom is -0.493 e. The number of aromatic hydroxyl groups is 1. The van der Waals surface area contributed by atoms with Crippen LogP contribution in [0.4, 0.5) is 0 Å². The van der Waals surface area contributed by atoms with Crippen LogP contribution in [0.1, 0.15) is 29.3 Å². The van der Waals surface area contributed by atoms with Crippen molar-refractivity contribution >= 4 is 11.9 Å². The van der Waals surface area contributed by atoms with Gasteiger partial charge < -0.3 is 15.2 Å². The van der Waals surface area contributed by atoms with Crippen molar-refractivity contribution in [1.82, 2.24) is 10.3 Å². The summed E-state index contributed by atoms with van der Waals surface area (Å²) in [7, 11) is 0. The van der Waals surface area contributed by atoms with Crippen LogP contribution in [-0.2, 0) is 16.0 Å². The summed E-state index contributed by atoms with van der Waals surface area (Å²) in [6.07, 6.45) is 1.83. The Kier molecular flexibility index (Phi) is 7.16. The van der Waals surface area contributed by atoms with Gasteiger partial charge in [0.15, 0.2) is 0 Å². The van der Waals surface area contributed by atoms with Gasteiger partial charge >= 0.3 is 5.97 Å². The Morgan fingerprint density at radius 1 is 1.00 bits per heavy atom. The minimum absolute atomic E-state index is 0.0610. The third-order valence-corrected chi connectivity index (χ3v) is 4.61. The molecule has 0 saturated carbocycles. The van der Waals surface area contributed by atoms with E-state index in [1.54, 1.807) is 6.92 Å². The van der Waals surface area contributed by atoms with Crippen LogP contribution in [0.25, 0.3) is 11.1 Å². The van der Waals surface area contributed by atoms with Crippen molar-refractivity contribution in [2.24, 2.45) is 0 Å². The molecule has 1 amide bonds. The van der Waals surface area contributed by atoms with Crippen molar-refractivity contribution in [1.29, 1.82) is 0 Å². The van der Waals surface area contributed by atoms with E-state index in [9.17, 15) is 14.7 Å². The van der Waals surface area contributed by atoms with Gasteiger partial charge in [-0.1, -0.05) is 54.6 Å². The van der Waals surface area contributed by atoms with Gasteiger partial charge in [-0.15, -0.1) is 0 Å². The van der Waals surface area contributed by atoms with Crippen LogP contribution in [-0.4, -0.2) is 34.6 Å². The largest absolute Gasteiger partial charge is 0.493 e. The summed E-state index contributed by atoms with van der Waals surface area (Å²) in [5.74, 6) is -0.890. The van der Waals surface area contributed by atoms with Gasteiger partial charge in [0.2, 0.25) is 5.88 Å². The molecule has 1 atom stereocenters. The number of hydrogen-bond donors (Lipinski definition) is 2. The Morgan fingerprint density at radius 2 is 1.70 bits per heavy atom. The zero-order valence-corrected chi connectivity index (χ0v) is 16.7. The average Bonchev–Trinajstić information content (AvgIpc) is 2.75. The molecule has 154 valence electrons. The van der Waals surface area contributed by atoms with Crippen molar-refractivity contribution in [3.05, 3.63) is 84.1 Å². The van der Waals surface area contributed by atoms with Crippen LogP contribution >= 0.6 is 0 Å². The first-order chi connectivity index (χ1) is 14.5. The van der Waals surface area contributed by atoms with E-state index in [0.717, 1.165) is 16.7 Å². The van der Waals surface area contributed by atoms with Crippen LogP contribution in [0.3, 0.4) is 0 Å². The highest BCUT2D eigenvalue weighted by molar-refractivity contribution is 5.94. The molecule has 6 heteroatoms. The topological polar surface area (TPSA) is 88.5 Å². The monoisotopic (exact) mass is 404 g/mol. The fourth-order valence-electron chi connectivity index (χ4n) is 3.13. The number of esters is 1. The molecule has 0 aliphatic carbocycles. The molecule has 30 heavy (non-hydrogen) atoms. The molecule has 6 nitrogen and oxygen atoms in total. The maximum atomic E-state index is 12.6. The molecular formula is C24H24N2O4.